The van der Waals surface area contributed by atoms with Crippen molar-refractivity contribution in [3.05, 3.63) is 75.0 Å². The average molecular weight is 488 g/mol. The molecule has 0 saturated carbocycles. The molecule has 3 rings (SSSR count). The summed E-state index contributed by atoms with van der Waals surface area (Å²) in [7, 11) is 1.11. The molecule has 0 radical (unpaired) electrons. The van der Waals surface area contributed by atoms with E-state index >= 15 is 0 Å². The molecule has 1 aliphatic heterocycles. The van der Waals surface area contributed by atoms with E-state index in [4.69, 9.17) is 16.3 Å². The first-order valence-electron chi connectivity index (χ1n) is 9.73. The van der Waals surface area contributed by atoms with E-state index in [0.29, 0.717) is 16.3 Å². The molecule has 2 atom stereocenters. The summed E-state index contributed by atoms with van der Waals surface area (Å²) < 4.78 is 19.3. The van der Waals surface area contributed by atoms with E-state index in [1.165, 1.54) is 18.2 Å². The van der Waals surface area contributed by atoms with Crippen molar-refractivity contribution in [3.63, 3.8) is 0 Å². The number of rotatable bonds is 6. The summed E-state index contributed by atoms with van der Waals surface area (Å²) in [6.07, 6.45) is 0. The van der Waals surface area contributed by atoms with Crippen LogP contribution in [0.1, 0.15) is 17.0 Å². The highest BCUT2D eigenvalue weighted by Crippen LogP contribution is 2.41. The summed E-state index contributed by atoms with van der Waals surface area (Å²) in [5, 5.41) is 15.6. The first-order chi connectivity index (χ1) is 15.8. The molecule has 2 N–H and O–H groups in total. The number of halogens is 2. The van der Waals surface area contributed by atoms with Crippen molar-refractivity contribution in [2.45, 2.75) is 12.8 Å². The van der Waals surface area contributed by atoms with Gasteiger partial charge in [-0.05, 0) is 36.2 Å². The molecule has 1 heterocycles. The van der Waals surface area contributed by atoms with E-state index < -0.39 is 35.4 Å². The molecule has 7 nitrogen and oxygen atoms in total. The molecule has 0 saturated heterocycles. The fourth-order valence-electron chi connectivity index (χ4n) is 3.45. The van der Waals surface area contributed by atoms with Gasteiger partial charge >= 0.3 is 5.97 Å². The lowest BCUT2D eigenvalue weighted by atomic mass is 9.78. The largest absolute Gasteiger partial charge is 0.468 e. The first-order valence-corrected chi connectivity index (χ1v) is 11.1. The van der Waals surface area contributed by atoms with Crippen molar-refractivity contribution in [3.8, 4) is 6.07 Å². The summed E-state index contributed by atoms with van der Waals surface area (Å²) in [6, 6.07) is 12.6. The minimum Gasteiger partial charge on any atom is -0.468 e. The van der Waals surface area contributed by atoms with Gasteiger partial charge in [-0.1, -0.05) is 47.6 Å². The molecule has 0 fully saturated rings. The van der Waals surface area contributed by atoms with Crippen LogP contribution in [0.5, 0.6) is 0 Å². The van der Waals surface area contributed by atoms with E-state index in [0.717, 1.165) is 18.9 Å². The zero-order valence-electron chi connectivity index (χ0n) is 17.6. The lowest BCUT2D eigenvalue weighted by Crippen LogP contribution is -2.44. The number of hydrogen-bond acceptors (Lipinski definition) is 6. The van der Waals surface area contributed by atoms with Crippen LogP contribution in [0.25, 0.3) is 0 Å². The highest BCUT2D eigenvalue weighted by molar-refractivity contribution is 8.03. The van der Waals surface area contributed by atoms with E-state index in [9.17, 15) is 24.0 Å². The number of ether oxygens (including phenoxy) is 1. The lowest BCUT2D eigenvalue weighted by molar-refractivity contribution is -0.150. The van der Waals surface area contributed by atoms with Crippen molar-refractivity contribution in [2.75, 3.05) is 18.2 Å². The van der Waals surface area contributed by atoms with Gasteiger partial charge in [0.1, 0.15) is 11.7 Å². The molecule has 170 valence electrons. The van der Waals surface area contributed by atoms with Gasteiger partial charge in [-0.2, -0.15) is 5.26 Å². The molecule has 2 aromatic carbocycles. The number of allylic oxidation sites excluding steroid dienone is 1. The minimum atomic E-state index is -1.45. The SMILES string of the molecule is COC(=O)[C@@H]1C(=O)NC(SCC(=O)Nc2cccc(Cl)c2C)=C(C#N)[C@H]1c1ccccc1F. The van der Waals surface area contributed by atoms with Gasteiger partial charge in [0.2, 0.25) is 11.8 Å². The van der Waals surface area contributed by atoms with Gasteiger partial charge in [-0.15, -0.1) is 0 Å². The van der Waals surface area contributed by atoms with Gasteiger partial charge in [0.25, 0.3) is 0 Å². The number of carbonyl (C=O) groups excluding carboxylic acids is 3. The Morgan fingerprint density at radius 1 is 1.27 bits per heavy atom. The summed E-state index contributed by atoms with van der Waals surface area (Å²) in [5.41, 5.74) is 1.20. The topological polar surface area (TPSA) is 108 Å². The van der Waals surface area contributed by atoms with E-state index in [-0.39, 0.29) is 21.9 Å². The van der Waals surface area contributed by atoms with Gasteiger partial charge in [0.15, 0.2) is 0 Å². The third-order valence-electron chi connectivity index (χ3n) is 5.11. The molecule has 33 heavy (non-hydrogen) atoms. The number of nitrogens with zero attached hydrogens (tertiary/aromatic N) is 1. The van der Waals surface area contributed by atoms with Gasteiger partial charge in [0, 0.05) is 16.6 Å². The summed E-state index contributed by atoms with van der Waals surface area (Å²) >= 11 is 6.97. The summed E-state index contributed by atoms with van der Waals surface area (Å²) in [5.74, 6) is -5.51. The van der Waals surface area contributed by atoms with Crippen LogP contribution in [-0.2, 0) is 19.1 Å². The number of nitrogens with one attached hydrogen (secondary N) is 2. The van der Waals surface area contributed by atoms with Crippen molar-refractivity contribution in [2.24, 2.45) is 5.92 Å². The van der Waals surface area contributed by atoms with Gasteiger partial charge in [-0.3, -0.25) is 14.4 Å². The Bertz CT molecular complexity index is 1190. The number of amides is 2. The van der Waals surface area contributed by atoms with E-state index in [2.05, 4.69) is 10.6 Å². The van der Waals surface area contributed by atoms with E-state index in [1.54, 1.807) is 31.2 Å². The fraction of sp³-hybridized carbons (Fsp3) is 0.217. The number of esters is 1. The van der Waals surface area contributed by atoms with Crippen LogP contribution in [-0.4, -0.2) is 30.6 Å². The second-order valence-corrected chi connectivity index (χ2v) is 8.49. The molecular weight excluding hydrogens is 469 g/mol. The number of methoxy groups -OCH3 is 1. The zero-order valence-corrected chi connectivity index (χ0v) is 19.2. The maximum atomic E-state index is 14.6. The molecule has 0 aromatic heterocycles. The first kappa shape index (κ1) is 24.3. The predicted molar refractivity (Wildman–Crippen MR) is 123 cm³/mol. The monoisotopic (exact) mass is 487 g/mol. The van der Waals surface area contributed by atoms with Crippen LogP contribution in [0.3, 0.4) is 0 Å². The van der Waals surface area contributed by atoms with Crippen molar-refractivity contribution in [1.82, 2.24) is 5.32 Å². The summed E-state index contributed by atoms with van der Waals surface area (Å²) in [4.78, 5) is 37.6. The Balaban J connectivity index is 1.91. The summed E-state index contributed by atoms with van der Waals surface area (Å²) in [6.45, 7) is 1.76. The molecule has 1 aliphatic rings. The van der Waals surface area contributed by atoms with Gasteiger partial charge < -0.3 is 15.4 Å². The van der Waals surface area contributed by atoms with Crippen LogP contribution in [0.4, 0.5) is 10.1 Å². The van der Waals surface area contributed by atoms with E-state index in [1.807, 2.05) is 6.07 Å². The molecule has 0 spiro atoms. The second kappa shape index (κ2) is 10.5. The number of thioether (sulfide) groups is 1. The zero-order chi connectivity index (χ0) is 24.1. The third kappa shape index (κ3) is 5.18. The van der Waals surface area contributed by atoms with Crippen molar-refractivity contribution >= 4 is 46.8 Å². The number of nitriles is 1. The van der Waals surface area contributed by atoms with Crippen LogP contribution < -0.4 is 10.6 Å². The Morgan fingerprint density at radius 3 is 2.67 bits per heavy atom. The van der Waals surface area contributed by atoms with Crippen LogP contribution in [0.15, 0.2) is 53.1 Å². The van der Waals surface area contributed by atoms with Crippen molar-refractivity contribution in [1.29, 1.82) is 5.26 Å². The van der Waals surface area contributed by atoms with Gasteiger partial charge in [0.05, 0.1) is 29.5 Å². The highest BCUT2D eigenvalue weighted by Gasteiger charge is 2.45. The molecule has 0 aliphatic carbocycles. The predicted octanol–water partition coefficient (Wildman–Crippen LogP) is 3.90. The maximum absolute atomic E-state index is 14.6. The Labute approximate surface area is 198 Å². The molecule has 2 amide bonds. The third-order valence-corrected chi connectivity index (χ3v) is 6.54. The van der Waals surface area contributed by atoms with Gasteiger partial charge in [-0.25, -0.2) is 4.39 Å². The number of hydrogen-bond donors (Lipinski definition) is 2. The minimum absolute atomic E-state index is 0.0106. The van der Waals surface area contributed by atoms with Crippen LogP contribution in [0.2, 0.25) is 5.02 Å². The Morgan fingerprint density at radius 2 is 2.00 bits per heavy atom. The lowest BCUT2D eigenvalue weighted by Gasteiger charge is -2.31. The number of carbonyl (C=O) groups is 3. The van der Waals surface area contributed by atoms with Crippen LogP contribution in [0, 0.1) is 30.0 Å². The van der Waals surface area contributed by atoms with Crippen molar-refractivity contribution < 1.29 is 23.5 Å². The maximum Gasteiger partial charge on any atom is 0.319 e. The quantitative estimate of drug-likeness (QED) is 0.472. The molecule has 0 bridgehead atoms. The smallest absolute Gasteiger partial charge is 0.319 e. The number of anilines is 1. The number of benzene rings is 2. The average Bonchev–Trinajstić information content (AvgIpc) is 2.80. The Kier molecular flexibility index (Phi) is 7.74. The molecule has 0 unspecified atom stereocenters. The van der Waals surface area contributed by atoms with Crippen LogP contribution >= 0.6 is 23.4 Å². The molecular formula is C23H19ClFN3O4S. The Hall–Kier alpha value is -3.35. The fourth-order valence-corrected chi connectivity index (χ4v) is 4.47. The standard InChI is InChI=1S/C23H19ClFN3O4S/c1-12-15(24)7-5-9-17(12)27-18(29)11-33-22-14(10-26)19(13-6-3-4-8-16(13)25)20(21(30)28-22)23(31)32-2/h3-9,19-20H,11H2,1-2H3,(H,27,29)(H,28,30)/t19-,20+/m1/s1. The normalized spacial score (nSPS) is 17.7. The molecule has 2 aromatic rings. The molecule has 10 heteroatoms. The second-order valence-electron chi connectivity index (χ2n) is 7.09. The highest BCUT2D eigenvalue weighted by atomic mass is 35.5.